The minimum absolute atomic E-state index is 0.0102. The first kappa shape index (κ1) is 20.3. The van der Waals surface area contributed by atoms with Crippen molar-refractivity contribution in [3.8, 4) is 0 Å². The van der Waals surface area contributed by atoms with E-state index >= 15 is 0 Å². The molecule has 4 rings (SSSR count). The average Bonchev–Trinajstić information content (AvgIpc) is 3.29. The van der Waals surface area contributed by atoms with Crippen LogP contribution in [0.1, 0.15) is 51.3 Å². The van der Waals surface area contributed by atoms with Crippen LogP contribution in [0.3, 0.4) is 0 Å². The monoisotopic (exact) mass is 408 g/mol. The van der Waals surface area contributed by atoms with Gasteiger partial charge in [-0.1, -0.05) is 36.4 Å². The summed E-state index contributed by atoms with van der Waals surface area (Å²) in [5.41, 5.74) is 2.32. The molecular weight excluding hydrogens is 380 g/mol. The fraction of sp³-hybridized carbons (Fsp3) is 0.417. The zero-order chi connectivity index (χ0) is 21.3. The van der Waals surface area contributed by atoms with Crippen molar-refractivity contribution in [2.75, 3.05) is 0 Å². The molecule has 3 heterocycles. The molecule has 2 unspecified atom stereocenters. The smallest absolute Gasteiger partial charge is 0.418 e. The standard InChI is InChI=1S/C24H28N2O4/c1-24(2,3)30-22(27)25-13-7-10-21(25)18-14-19-11-12-20(15-18)26(19)23(28)29-16-17-8-5-4-6-9-17/h4-10,13-14,19-20H,11-12,15-16H2,1-3H3. The molecule has 6 heteroatoms. The maximum absolute atomic E-state index is 12.8. The lowest BCUT2D eigenvalue weighted by Crippen LogP contribution is -2.43. The van der Waals surface area contributed by atoms with Crippen LogP contribution in [-0.2, 0) is 16.1 Å². The Morgan fingerprint density at radius 2 is 1.80 bits per heavy atom. The van der Waals surface area contributed by atoms with Gasteiger partial charge in [-0.2, -0.15) is 0 Å². The maximum Gasteiger partial charge on any atom is 0.418 e. The van der Waals surface area contributed by atoms with Crippen LogP contribution in [0.5, 0.6) is 0 Å². The van der Waals surface area contributed by atoms with Gasteiger partial charge in [0.1, 0.15) is 12.2 Å². The zero-order valence-corrected chi connectivity index (χ0v) is 17.7. The van der Waals surface area contributed by atoms with E-state index in [2.05, 4.69) is 6.08 Å². The highest BCUT2D eigenvalue weighted by Gasteiger charge is 2.41. The minimum atomic E-state index is -0.558. The van der Waals surface area contributed by atoms with E-state index in [1.54, 1.807) is 10.8 Å². The zero-order valence-electron chi connectivity index (χ0n) is 17.7. The van der Waals surface area contributed by atoms with Gasteiger partial charge in [-0.25, -0.2) is 9.59 Å². The van der Waals surface area contributed by atoms with E-state index in [0.29, 0.717) is 6.42 Å². The molecule has 0 saturated carbocycles. The Labute approximate surface area is 177 Å². The summed E-state index contributed by atoms with van der Waals surface area (Å²) in [6, 6.07) is 13.5. The first-order chi connectivity index (χ1) is 14.3. The molecule has 1 aromatic heterocycles. The molecule has 2 aromatic rings. The largest absolute Gasteiger partial charge is 0.445 e. The molecule has 1 saturated heterocycles. The topological polar surface area (TPSA) is 60.8 Å². The lowest BCUT2D eigenvalue weighted by Gasteiger charge is -2.33. The lowest BCUT2D eigenvalue weighted by atomic mass is 9.99. The first-order valence-corrected chi connectivity index (χ1v) is 10.4. The summed E-state index contributed by atoms with van der Waals surface area (Å²) in [6.45, 7) is 5.83. The molecule has 1 aromatic carbocycles. The second-order valence-electron chi connectivity index (χ2n) is 8.89. The van der Waals surface area contributed by atoms with Crippen molar-refractivity contribution in [2.24, 2.45) is 0 Å². The van der Waals surface area contributed by atoms with E-state index in [9.17, 15) is 9.59 Å². The van der Waals surface area contributed by atoms with E-state index < -0.39 is 5.60 Å². The molecule has 2 atom stereocenters. The Balaban J connectivity index is 1.48. The van der Waals surface area contributed by atoms with Gasteiger partial charge in [0.05, 0.1) is 11.7 Å². The summed E-state index contributed by atoms with van der Waals surface area (Å²) in [7, 11) is 0. The van der Waals surface area contributed by atoms with Gasteiger partial charge < -0.3 is 9.47 Å². The Morgan fingerprint density at radius 3 is 2.50 bits per heavy atom. The van der Waals surface area contributed by atoms with E-state index in [1.165, 1.54) is 0 Å². The summed E-state index contributed by atoms with van der Waals surface area (Å²) < 4.78 is 12.7. The fourth-order valence-electron chi connectivity index (χ4n) is 4.21. The quantitative estimate of drug-likeness (QED) is 0.698. The lowest BCUT2D eigenvalue weighted by molar-refractivity contribution is 0.0534. The van der Waals surface area contributed by atoms with Crippen LogP contribution in [-0.4, -0.2) is 39.3 Å². The first-order valence-electron chi connectivity index (χ1n) is 10.4. The molecule has 0 N–H and O–H groups in total. The van der Waals surface area contributed by atoms with Crippen molar-refractivity contribution in [1.82, 2.24) is 9.47 Å². The Morgan fingerprint density at radius 1 is 1.03 bits per heavy atom. The van der Waals surface area contributed by atoms with Gasteiger partial charge >= 0.3 is 12.2 Å². The number of benzene rings is 1. The Kier molecular flexibility index (Phi) is 5.41. The number of hydrogen-bond donors (Lipinski definition) is 0. The molecule has 2 aliphatic heterocycles. The molecule has 30 heavy (non-hydrogen) atoms. The van der Waals surface area contributed by atoms with Crippen LogP contribution in [0, 0.1) is 0 Å². The molecule has 2 aliphatic rings. The van der Waals surface area contributed by atoms with E-state index in [1.807, 2.05) is 68.1 Å². The molecular formula is C24H28N2O4. The highest BCUT2D eigenvalue weighted by Crippen LogP contribution is 2.39. The van der Waals surface area contributed by atoms with Crippen molar-refractivity contribution in [3.05, 3.63) is 66.0 Å². The minimum Gasteiger partial charge on any atom is -0.445 e. The predicted molar refractivity (Wildman–Crippen MR) is 114 cm³/mol. The van der Waals surface area contributed by atoms with Crippen molar-refractivity contribution in [1.29, 1.82) is 0 Å². The number of rotatable bonds is 3. The van der Waals surface area contributed by atoms with Crippen molar-refractivity contribution >= 4 is 17.8 Å². The van der Waals surface area contributed by atoms with Gasteiger partial charge in [0.2, 0.25) is 0 Å². The molecule has 0 radical (unpaired) electrons. The number of carbonyl (C=O) groups is 2. The summed E-state index contributed by atoms with van der Waals surface area (Å²) in [4.78, 5) is 27.2. The van der Waals surface area contributed by atoms with Gasteiger partial charge in [0, 0.05) is 12.2 Å². The van der Waals surface area contributed by atoms with Crippen molar-refractivity contribution < 1.29 is 19.1 Å². The fourth-order valence-corrected chi connectivity index (χ4v) is 4.21. The van der Waals surface area contributed by atoms with Crippen molar-refractivity contribution in [2.45, 2.75) is 64.3 Å². The SMILES string of the molecule is CC(C)(C)OC(=O)n1cccc1C1=CC2CCC(C1)N2C(=O)OCc1ccccc1. The van der Waals surface area contributed by atoms with E-state index in [0.717, 1.165) is 29.7 Å². The third-order valence-electron chi connectivity index (χ3n) is 5.48. The summed E-state index contributed by atoms with van der Waals surface area (Å²) >= 11 is 0. The summed E-state index contributed by atoms with van der Waals surface area (Å²) in [5, 5.41) is 0. The van der Waals surface area contributed by atoms with Gasteiger partial charge in [0.25, 0.3) is 0 Å². The van der Waals surface area contributed by atoms with Crippen LogP contribution in [0.15, 0.2) is 54.7 Å². The normalized spacial score (nSPS) is 20.6. The van der Waals surface area contributed by atoms with Crippen LogP contribution in [0.2, 0.25) is 0 Å². The van der Waals surface area contributed by atoms with E-state index in [-0.39, 0.29) is 30.9 Å². The number of nitrogens with zero attached hydrogens (tertiary/aromatic N) is 2. The van der Waals surface area contributed by atoms with Gasteiger partial charge in [-0.3, -0.25) is 9.47 Å². The van der Waals surface area contributed by atoms with Crippen LogP contribution in [0.25, 0.3) is 5.57 Å². The molecule has 2 bridgehead atoms. The van der Waals surface area contributed by atoms with Crippen LogP contribution in [0.4, 0.5) is 9.59 Å². The van der Waals surface area contributed by atoms with Crippen LogP contribution >= 0.6 is 0 Å². The van der Waals surface area contributed by atoms with Gasteiger partial charge in [0.15, 0.2) is 0 Å². The maximum atomic E-state index is 12.8. The van der Waals surface area contributed by atoms with Crippen LogP contribution < -0.4 is 0 Å². The number of amides is 1. The van der Waals surface area contributed by atoms with E-state index in [4.69, 9.17) is 9.47 Å². The van der Waals surface area contributed by atoms with Crippen molar-refractivity contribution in [3.63, 3.8) is 0 Å². The average molecular weight is 408 g/mol. The molecule has 1 amide bonds. The number of ether oxygens (including phenoxy) is 2. The second-order valence-corrected chi connectivity index (χ2v) is 8.89. The summed E-state index contributed by atoms with van der Waals surface area (Å²) in [6.07, 6.45) is 5.70. The van der Waals surface area contributed by atoms with Gasteiger partial charge in [-0.15, -0.1) is 0 Å². The Hall–Kier alpha value is -3.02. The second kappa shape index (κ2) is 8.01. The molecule has 0 aliphatic carbocycles. The predicted octanol–water partition coefficient (Wildman–Crippen LogP) is 5.23. The van der Waals surface area contributed by atoms with Gasteiger partial charge in [-0.05, 0) is 63.3 Å². The third kappa shape index (κ3) is 4.27. The highest BCUT2D eigenvalue weighted by atomic mass is 16.6. The number of hydrogen-bond acceptors (Lipinski definition) is 4. The number of aromatic nitrogens is 1. The molecule has 6 nitrogen and oxygen atoms in total. The number of carbonyl (C=O) groups excluding carboxylic acids is 2. The summed E-state index contributed by atoms with van der Waals surface area (Å²) in [5.74, 6) is 0. The molecule has 1 fully saturated rings. The Bertz CT molecular complexity index is 955. The molecule has 158 valence electrons. The number of fused-ring (bicyclic) bond motifs is 2. The molecule has 0 spiro atoms. The third-order valence-corrected chi connectivity index (χ3v) is 5.48. The highest BCUT2D eigenvalue weighted by molar-refractivity contribution is 5.80.